The largest absolute Gasteiger partial charge is 0.510 e. The Balaban J connectivity index is 0.000000186. The monoisotopic (exact) mass is 1050 g/mol. The Morgan fingerprint density at radius 2 is 0.895 bits per heavy atom. The normalized spacial score (nSPS) is 33.4. The molecule has 0 bridgehead atoms. The van der Waals surface area contributed by atoms with Crippen LogP contribution >= 0.6 is 0 Å². The first-order valence-electron chi connectivity index (χ1n) is 25.5. The van der Waals surface area contributed by atoms with Crippen molar-refractivity contribution < 1.29 is 79.8 Å². The van der Waals surface area contributed by atoms with Crippen LogP contribution in [0.2, 0.25) is 0 Å². The molecule has 2 amide bonds. The highest BCUT2D eigenvalue weighted by Gasteiger charge is 2.68. The minimum absolute atomic E-state index is 0.143. The first kappa shape index (κ1) is 54.3. The molecule has 2 aromatic carbocycles. The van der Waals surface area contributed by atoms with E-state index in [1.54, 1.807) is 28.2 Å². The number of rotatable bonds is 8. The third-order valence-corrected chi connectivity index (χ3v) is 17.3. The lowest BCUT2D eigenvalue weighted by molar-refractivity contribution is -0.153. The predicted octanol–water partition coefficient (Wildman–Crippen LogP) is 0.940. The summed E-state index contributed by atoms with van der Waals surface area (Å²) in [6.07, 6.45) is 3.56. The number of nitrogens with zero attached hydrogens (tertiary/aromatic N) is 4. The Morgan fingerprint density at radius 3 is 1.21 bits per heavy atom. The minimum atomic E-state index is -2.72. The van der Waals surface area contributed by atoms with Crippen molar-refractivity contribution >= 4 is 34.9 Å². The fraction of sp³-hybridized carbons (Fsp3) is 0.519. The van der Waals surface area contributed by atoms with Crippen LogP contribution in [0, 0.1) is 23.7 Å². The predicted molar refractivity (Wildman–Crippen MR) is 268 cm³/mol. The van der Waals surface area contributed by atoms with E-state index < -0.39 is 150 Å². The molecule has 12 N–H and O–H groups in total. The third-order valence-electron chi connectivity index (χ3n) is 17.3. The summed E-state index contributed by atoms with van der Waals surface area (Å²) < 4.78 is 0. The van der Waals surface area contributed by atoms with E-state index >= 15 is 0 Å². The molecule has 10 atom stereocenters. The highest BCUT2D eigenvalue weighted by atomic mass is 16.4. The summed E-state index contributed by atoms with van der Waals surface area (Å²) in [5.74, 6) is -14.3. The Labute approximate surface area is 437 Å². The second-order valence-corrected chi connectivity index (χ2v) is 22.2. The maximum absolute atomic E-state index is 13.8. The van der Waals surface area contributed by atoms with Gasteiger partial charge in [0.2, 0.25) is 11.6 Å². The number of aliphatic hydroxyl groups is 8. The molecular formula is C54H66N6O16. The van der Waals surface area contributed by atoms with Crippen molar-refractivity contribution in [2.45, 2.75) is 86.9 Å². The second-order valence-electron chi connectivity index (χ2n) is 22.2. The van der Waals surface area contributed by atoms with E-state index in [-0.39, 0.29) is 48.4 Å². The number of carbonyl (C=O) groups is 6. The summed E-state index contributed by atoms with van der Waals surface area (Å²) in [4.78, 5) is 88.1. The number of Topliss-reactive ketones (excluding diaryl/α,β-unsaturated/α-hetero) is 4. The number of aromatic hydroxyl groups is 2. The Hall–Kier alpha value is -6.50. The number of amides is 2. The van der Waals surface area contributed by atoms with E-state index in [2.05, 4.69) is 10.6 Å². The van der Waals surface area contributed by atoms with E-state index in [9.17, 15) is 79.8 Å². The van der Waals surface area contributed by atoms with Crippen LogP contribution in [0.1, 0.15) is 84.2 Å². The number of hydrogen-bond donors (Lipinski definition) is 12. The molecule has 0 spiro atoms. The van der Waals surface area contributed by atoms with Crippen LogP contribution in [0.15, 0.2) is 81.7 Å². The van der Waals surface area contributed by atoms with Gasteiger partial charge in [-0.15, -0.1) is 0 Å². The maximum Gasteiger partial charge on any atom is 0.259 e. The van der Waals surface area contributed by atoms with Gasteiger partial charge in [0.25, 0.3) is 11.8 Å². The fourth-order valence-corrected chi connectivity index (χ4v) is 13.4. The van der Waals surface area contributed by atoms with Crippen LogP contribution in [0.4, 0.5) is 0 Å². The highest BCUT2D eigenvalue weighted by molar-refractivity contribution is 6.26. The van der Waals surface area contributed by atoms with E-state index in [1.807, 2.05) is 9.80 Å². The number of hydrogen-bond acceptors (Lipinski definition) is 20. The van der Waals surface area contributed by atoms with Crippen molar-refractivity contribution in [3.8, 4) is 11.5 Å². The summed E-state index contributed by atoms with van der Waals surface area (Å²) in [6, 6.07) is 6.31. The number of benzene rings is 2. The average Bonchev–Trinajstić information content (AvgIpc) is 4.09. The van der Waals surface area contributed by atoms with Crippen LogP contribution in [0.25, 0.3) is 0 Å². The quantitative estimate of drug-likeness (QED) is 0.164. The molecule has 0 radical (unpaired) electrons. The molecule has 22 heteroatoms. The van der Waals surface area contributed by atoms with Crippen molar-refractivity contribution in [2.24, 2.45) is 23.7 Å². The lowest BCUT2D eigenvalue weighted by Gasteiger charge is -2.52. The first-order chi connectivity index (χ1) is 35.7. The summed E-state index contributed by atoms with van der Waals surface area (Å²) in [7, 11) is 6.35. The molecular weight excluding hydrogens is 989 g/mol. The van der Waals surface area contributed by atoms with Gasteiger partial charge < -0.3 is 61.7 Å². The number of carbonyl (C=O) groups excluding carboxylic acids is 6. The standard InChI is InChI=1S/2C27H33N3O8/c2*1-26(37)13-7-6-8-16(31)17(13)21(32)18-14(26)11-15-20(29(2)3)22(33)19(24(35)27(15,38)23(18)34)25(36)28-12-30-9-4-5-10-30/h2*6-8,14-15,20,31,33-34,37-38H,4-5,9-12H2,1-3H3,(H,28,36)/t2*14-,15-,20-,26+,27-/m00/s1. The molecule has 2 aliphatic heterocycles. The van der Waals surface area contributed by atoms with Crippen LogP contribution in [-0.2, 0) is 30.4 Å². The maximum atomic E-state index is 13.8. The van der Waals surface area contributed by atoms with Crippen molar-refractivity contribution in [3.63, 3.8) is 0 Å². The van der Waals surface area contributed by atoms with Crippen molar-refractivity contribution in [1.82, 2.24) is 30.2 Å². The number of nitrogens with one attached hydrogen (secondary N) is 2. The average molecular weight is 1060 g/mol. The fourth-order valence-electron chi connectivity index (χ4n) is 13.4. The molecule has 0 saturated carbocycles. The third kappa shape index (κ3) is 7.97. The lowest BCUT2D eigenvalue weighted by atomic mass is 9.55. The van der Waals surface area contributed by atoms with Crippen LogP contribution < -0.4 is 10.6 Å². The number of likely N-dealkylation sites (N-methyl/N-ethyl adjacent to an activating group) is 2. The molecule has 0 unspecified atom stereocenters. The number of phenols is 2. The van der Waals surface area contributed by atoms with Crippen LogP contribution in [-0.4, -0.2) is 197 Å². The van der Waals surface area contributed by atoms with Gasteiger partial charge >= 0.3 is 0 Å². The van der Waals surface area contributed by atoms with Gasteiger partial charge in [0.05, 0.1) is 47.8 Å². The van der Waals surface area contributed by atoms with E-state index in [0.717, 1.165) is 51.9 Å². The van der Waals surface area contributed by atoms with Gasteiger partial charge in [-0.25, -0.2) is 0 Å². The van der Waals surface area contributed by atoms with E-state index in [4.69, 9.17) is 0 Å². The summed E-state index contributed by atoms with van der Waals surface area (Å²) in [6.45, 7) is 6.25. The van der Waals surface area contributed by atoms with Gasteiger partial charge in [-0.1, -0.05) is 24.3 Å². The molecule has 2 fully saturated rings. The molecule has 2 saturated heterocycles. The first-order valence-corrected chi connectivity index (χ1v) is 25.5. The van der Waals surface area contributed by atoms with Crippen molar-refractivity contribution in [2.75, 3.05) is 67.7 Å². The molecule has 408 valence electrons. The Morgan fingerprint density at radius 1 is 0.566 bits per heavy atom. The zero-order chi connectivity index (χ0) is 55.5. The minimum Gasteiger partial charge on any atom is -0.510 e. The van der Waals surface area contributed by atoms with Gasteiger partial charge in [-0.05, 0) is 130 Å². The Bertz CT molecular complexity index is 2780. The van der Waals surface area contributed by atoms with Crippen LogP contribution in [0.5, 0.6) is 11.5 Å². The number of likely N-dealkylation sites (tertiary alicyclic amines) is 2. The van der Waals surface area contributed by atoms with Crippen molar-refractivity contribution in [1.29, 1.82) is 0 Å². The number of aliphatic hydroxyl groups excluding tert-OH is 4. The zero-order valence-electron chi connectivity index (χ0n) is 43.1. The summed E-state index contributed by atoms with van der Waals surface area (Å²) >= 11 is 0. The molecule has 22 nitrogen and oxygen atoms in total. The molecule has 8 aliphatic rings. The molecule has 76 heavy (non-hydrogen) atoms. The topological polar surface area (TPSA) is 342 Å². The van der Waals surface area contributed by atoms with Gasteiger partial charge in [0.1, 0.15) is 45.7 Å². The smallest absolute Gasteiger partial charge is 0.259 e. The second kappa shape index (κ2) is 19.2. The van der Waals surface area contributed by atoms with E-state index in [0.29, 0.717) is 0 Å². The van der Waals surface area contributed by atoms with Gasteiger partial charge in [-0.2, -0.15) is 0 Å². The number of phenolic OH excluding ortho intramolecular Hbond substituents is 2. The molecule has 0 aromatic heterocycles. The molecule has 6 aliphatic carbocycles. The summed E-state index contributed by atoms with van der Waals surface area (Å²) in [5, 5.41) is 118. The van der Waals surface area contributed by atoms with Crippen molar-refractivity contribution in [3.05, 3.63) is 104 Å². The SMILES string of the molecule is CN(C)[C@@H]1C(O)=C(C(=O)NCN2CCCC2)C(=O)[C@@]2(O)C(O)=C3C(=O)c4c(O)cccc4[C@@](C)(O)[C@H]3C[C@@H]12.CN(C)[C@@H]1C(O)=C(C(=O)NCN2CCCC2)C(=O)[C@@]2(O)C(O)=C3C(=O)c4c(O)cccc4[C@@](C)(O)[C@H]3C[C@@H]12. The number of fused-ring (bicyclic) bond motifs is 6. The number of ketones is 4. The van der Waals surface area contributed by atoms with Gasteiger partial charge in [0, 0.05) is 34.8 Å². The molecule has 2 heterocycles. The Kier molecular flexibility index (Phi) is 13.7. The van der Waals surface area contributed by atoms with Gasteiger partial charge in [0.15, 0.2) is 22.8 Å². The molecule has 10 rings (SSSR count). The molecule has 2 aromatic rings. The van der Waals surface area contributed by atoms with Gasteiger partial charge in [-0.3, -0.25) is 48.4 Å². The van der Waals surface area contributed by atoms with Crippen LogP contribution in [0.3, 0.4) is 0 Å². The lowest BCUT2D eigenvalue weighted by Crippen LogP contribution is -2.65. The van der Waals surface area contributed by atoms with E-state index in [1.165, 1.54) is 60.0 Å². The summed E-state index contributed by atoms with van der Waals surface area (Å²) in [5.41, 5.74) is -11.3. The zero-order valence-corrected chi connectivity index (χ0v) is 43.1. The highest BCUT2D eigenvalue weighted by Crippen LogP contribution is 2.58.